The molecule has 2 atom stereocenters. The lowest BCUT2D eigenvalue weighted by atomic mass is 9.78. The molecule has 2 unspecified atom stereocenters. The number of anilines is 2. The highest BCUT2D eigenvalue weighted by Gasteiger charge is 2.38. The second kappa shape index (κ2) is 9.97. The van der Waals surface area contributed by atoms with Gasteiger partial charge in [0.05, 0.1) is 43.7 Å². The lowest BCUT2D eigenvalue weighted by molar-refractivity contribution is -0.386. The number of nitro benzene ring substituents is 1. The number of rotatable bonds is 6. The molecule has 3 N–H and O–H groups in total. The third-order valence-electron chi connectivity index (χ3n) is 7.01. The first kappa shape index (κ1) is 24.9. The molecule has 38 heavy (non-hydrogen) atoms. The predicted octanol–water partition coefficient (Wildman–Crippen LogP) is 5.31. The zero-order valence-corrected chi connectivity index (χ0v) is 21.1. The largest absolute Gasteiger partial charge is 0.500 e. The fraction of sp³-hybridized carbons (Fsp3) is 0.250. The first-order chi connectivity index (χ1) is 18.3. The minimum atomic E-state index is -0.727. The van der Waals surface area contributed by atoms with Gasteiger partial charge in [0.1, 0.15) is 11.5 Å². The van der Waals surface area contributed by atoms with Gasteiger partial charge in [0.2, 0.25) is 5.75 Å². The second-order valence-corrected chi connectivity index (χ2v) is 9.12. The molecule has 196 valence electrons. The number of hydrogen-bond acceptors (Lipinski definition) is 9. The minimum absolute atomic E-state index is 0.0501. The van der Waals surface area contributed by atoms with Gasteiger partial charge in [0, 0.05) is 35.2 Å². The van der Waals surface area contributed by atoms with Crippen molar-refractivity contribution >= 4 is 22.8 Å². The van der Waals surface area contributed by atoms with Gasteiger partial charge in [-0.25, -0.2) is 0 Å². The van der Waals surface area contributed by atoms with E-state index in [4.69, 9.17) is 14.2 Å². The second-order valence-electron chi connectivity index (χ2n) is 9.12. The maximum atomic E-state index is 13.9. The number of benzene rings is 3. The van der Waals surface area contributed by atoms with Crippen molar-refractivity contribution in [3.8, 4) is 23.0 Å². The number of nitrogens with one attached hydrogen (secondary N) is 2. The number of allylic oxidation sites excluding steroid dienone is 1. The number of nitro groups is 1. The predicted molar refractivity (Wildman–Crippen MR) is 141 cm³/mol. The summed E-state index contributed by atoms with van der Waals surface area (Å²) < 4.78 is 16.2. The SMILES string of the molecule is COc1ccc(OC)c(C2CC(=O)C3=C(C2)Nc2ccccc2NC3c2cc(OC)c(O)c([N+](=O)[O-])c2)c1. The number of phenols is 1. The Morgan fingerprint density at radius 2 is 1.68 bits per heavy atom. The quantitative estimate of drug-likeness (QED) is 0.294. The van der Waals surface area contributed by atoms with Crippen LogP contribution < -0.4 is 24.8 Å². The average Bonchev–Trinajstić information content (AvgIpc) is 3.09. The van der Waals surface area contributed by atoms with E-state index in [0.717, 1.165) is 16.9 Å². The topological polar surface area (TPSA) is 132 Å². The fourth-order valence-electron chi connectivity index (χ4n) is 5.20. The summed E-state index contributed by atoms with van der Waals surface area (Å²) in [5.41, 5.74) is 3.45. The zero-order valence-electron chi connectivity index (χ0n) is 21.1. The van der Waals surface area contributed by atoms with Gasteiger partial charge in [-0.15, -0.1) is 0 Å². The Morgan fingerprint density at radius 1 is 0.947 bits per heavy atom. The highest BCUT2D eigenvalue weighted by Crippen LogP contribution is 2.48. The molecular formula is C28H27N3O7. The van der Waals surface area contributed by atoms with E-state index in [1.165, 1.54) is 19.2 Å². The molecule has 10 heteroatoms. The van der Waals surface area contributed by atoms with Crippen LogP contribution in [0.2, 0.25) is 0 Å². The van der Waals surface area contributed by atoms with E-state index in [-0.39, 0.29) is 23.9 Å². The number of methoxy groups -OCH3 is 3. The van der Waals surface area contributed by atoms with Crippen molar-refractivity contribution in [3.63, 3.8) is 0 Å². The van der Waals surface area contributed by atoms with Crippen LogP contribution in [0, 0.1) is 10.1 Å². The standard InChI is InChI=1S/C28H27N3O7/c1-36-17-8-9-24(37-2)18(14-17)15-10-21-26(23(32)12-15)27(30-20-7-5-4-6-19(20)29-21)16-11-22(31(34)35)28(33)25(13-16)38-3/h4-9,11,13-15,27,29-30,33H,10,12H2,1-3H3. The molecule has 1 aliphatic carbocycles. The third kappa shape index (κ3) is 4.34. The van der Waals surface area contributed by atoms with Gasteiger partial charge in [0.25, 0.3) is 0 Å². The highest BCUT2D eigenvalue weighted by atomic mass is 16.6. The number of phenolic OH excluding ortho intramolecular Hbond substituents is 1. The molecule has 1 heterocycles. The molecule has 2 aliphatic rings. The van der Waals surface area contributed by atoms with Crippen molar-refractivity contribution in [1.29, 1.82) is 0 Å². The van der Waals surface area contributed by atoms with Crippen molar-refractivity contribution < 1.29 is 29.0 Å². The van der Waals surface area contributed by atoms with Crippen LogP contribution >= 0.6 is 0 Å². The zero-order chi connectivity index (χ0) is 27.0. The summed E-state index contributed by atoms with van der Waals surface area (Å²) in [6, 6.07) is 15.1. The van der Waals surface area contributed by atoms with Crippen molar-refractivity contribution in [1.82, 2.24) is 0 Å². The van der Waals surface area contributed by atoms with Crippen LogP contribution in [0.3, 0.4) is 0 Å². The van der Waals surface area contributed by atoms with Crippen LogP contribution in [0.1, 0.15) is 35.9 Å². The Kier molecular flexibility index (Phi) is 6.54. The number of fused-ring (bicyclic) bond motifs is 1. The molecule has 0 bridgehead atoms. The Morgan fingerprint density at radius 3 is 2.37 bits per heavy atom. The van der Waals surface area contributed by atoms with Crippen LogP contribution in [0.15, 0.2) is 65.9 Å². The van der Waals surface area contributed by atoms with E-state index in [1.807, 2.05) is 42.5 Å². The van der Waals surface area contributed by atoms with Crippen LogP contribution in [-0.4, -0.2) is 37.1 Å². The number of carbonyl (C=O) groups excluding carboxylic acids is 1. The maximum Gasteiger partial charge on any atom is 0.315 e. The summed E-state index contributed by atoms with van der Waals surface area (Å²) in [5.74, 6) is 0.404. The summed E-state index contributed by atoms with van der Waals surface area (Å²) in [7, 11) is 4.50. The summed E-state index contributed by atoms with van der Waals surface area (Å²) in [5, 5.41) is 28.9. The summed E-state index contributed by atoms with van der Waals surface area (Å²) in [4.78, 5) is 24.9. The molecule has 0 spiro atoms. The number of ketones is 1. The van der Waals surface area contributed by atoms with E-state index in [9.17, 15) is 20.0 Å². The Bertz CT molecular complexity index is 1470. The van der Waals surface area contributed by atoms with Crippen LogP contribution in [-0.2, 0) is 4.79 Å². The fourth-order valence-corrected chi connectivity index (χ4v) is 5.20. The molecular weight excluding hydrogens is 490 g/mol. The van der Waals surface area contributed by atoms with Crippen LogP contribution in [0.4, 0.5) is 17.1 Å². The van der Waals surface area contributed by atoms with E-state index < -0.39 is 22.4 Å². The molecule has 0 aromatic heterocycles. The number of nitrogens with zero attached hydrogens (tertiary/aromatic N) is 1. The summed E-state index contributed by atoms with van der Waals surface area (Å²) in [6.07, 6.45) is 0.699. The lowest BCUT2D eigenvalue weighted by Gasteiger charge is -2.30. The van der Waals surface area contributed by atoms with Crippen molar-refractivity contribution in [2.75, 3.05) is 32.0 Å². The van der Waals surface area contributed by atoms with Crippen LogP contribution in [0.5, 0.6) is 23.0 Å². The number of ether oxygens (including phenoxy) is 3. The van der Waals surface area contributed by atoms with Crippen LogP contribution in [0.25, 0.3) is 0 Å². The molecule has 1 aliphatic heterocycles. The third-order valence-corrected chi connectivity index (χ3v) is 7.01. The molecule has 0 saturated carbocycles. The molecule has 3 aromatic rings. The van der Waals surface area contributed by atoms with Gasteiger partial charge in [-0.05, 0) is 48.4 Å². The number of para-hydroxylation sites is 2. The first-order valence-corrected chi connectivity index (χ1v) is 12.0. The Hall–Kier alpha value is -4.73. The monoisotopic (exact) mass is 517 g/mol. The van der Waals surface area contributed by atoms with Gasteiger partial charge in [-0.3, -0.25) is 14.9 Å². The van der Waals surface area contributed by atoms with Gasteiger partial charge in [-0.1, -0.05) is 12.1 Å². The molecule has 3 aromatic carbocycles. The summed E-state index contributed by atoms with van der Waals surface area (Å²) in [6.45, 7) is 0. The molecule has 0 amide bonds. The maximum absolute atomic E-state index is 13.9. The lowest BCUT2D eigenvalue weighted by Crippen LogP contribution is -2.27. The smallest absolute Gasteiger partial charge is 0.315 e. The first-order valence-electron chi connectivity index (χ1n) is 12.0. The molecule has 5 rings (SSSR count). The van der Waals surface area contributed by atoms with Gasteiger partial charge >= 0.3 is 5.69 Å². The summed E-state index contributed by atoms with van der Waals surface area (Å²) >= 11 is 0. The molecule has 0 radical (unpaired) electrons. The molecule has 10 nitrogen and oxygen atoms in total. The number of Topliss-reactive ketones (excluding diaryl/α,β-unsaturated/α-hetero) is 1. The van der Waals surface area contributed by atoms with E-state index in [2.05, 4.69) is 10.6 Å². The normalized spacial score (nSPS) is 18.3. The van der Waals surface area contributed by atoms with Crippen molar-refractivity contribution in [3.05, 3.63) is 87.1 Å². The van der Waals surface area contributed by atoms with Gasteiger partial charge in [-0.2, -0.15) is 0 Å². The van der Waals surface area contributed by atoms with Gasteiger partial charge < -0.3 is 30.0 Å². The van der Waals surface area contributed by atoms with Crippen molar-refractivity contribution in [2.24, 2.45) is 0 Å². The number of hydrogen-bond donors (Lipinski definition) is 3. The Labute approximate surface area is 219 Å². The number of carbonyl (C=O) groups is 1. The van der Waals surface area contributed by atoms with E-state index in [1.54, 1.807) is 14.2 Å². The number of aromatic hydroxyl groups is 1. The highest BCUT2D eigenvalue weighted by molar-refractivity contribution is 6.01. The molecule has 0 fully saturated rings. The van der Waals surface area contributed by atoms with E-state index in [0.29, 0.717) is 34.8 Å². The van der Waals surface area contributed by atoms with E-state index >= 15 is 0 Å². The van der Waals surface area contributed by atoms with Gasteiger partial charge in [0.15, 0.2) is 11.5 Å². The Balaban J connectivity index is 1.66. The van der Waals surface area contributed by atoms with Crippen molar-refractivity contribution in [2.45, 2.75) is 24.8 Å². The molecule has 0 saturated heterocycles. The average molecular weight is 518 g/mol. The minimum Gasteiger partial charge on any atom is -0.500 e.